The number of carbonyl (C=O) groups is 1. The number of nitrogens with zero attached hydrogens (tertiary/aromatic N) is 3. The van der Waals surface area contributed by atoms with E-state index in [9.17, 15) is 23.1 Å². The van der Waals surface area contributed by atoms with E-state index in [2.05, 4.69) is 26.7 Å². The van der Waals surface area contributed by atoms with Crippen LogP contribution in [-0.2, 0) is 11.3 Å². The second-order valence-electron chi connectivity index (χ2n) is 11.1. The van der Waals surface area contributed by atoms with Gasteiger partial charge in [-0.25, -0.2) is 9.78 Å². The van der Waals surface area contributed by atoms with Crippen LogP contribution < -0.4 is 9.64 Å². The van der Waals surface area contributed by atoms with E-state index in [0.29, 0.717) is 28.9 Å². The van der Waals surface area contributed by atoms with E-state index in [0.717, 1.165) is 37.2 Å². The van der Waals surface area contributed by atoms with Gasteiger partial charge in [0.2, 0.25) is 0 Å². The van der Waals surface area contributed by atoms with Crippen molar-refractivity contribution >= 4 is 22.4 Å². The highest BCUT2D eigenvalue weighted by molar-refractivity contribution is 7.14. The van der Waals surface area contributed by atoms with Crippen molar-refractivity contribution < 1.29 is 37.1 Å². The van der Waals surface area contributed by atoms with Crippen molar-refractivity contribution in [1.29, 1.82) is 0 Å². The summed E-state index contributed by atoms with van der Waals surface area (Å²) in [6.07, 6.45) is -0.321. The average molecular weight is 562 g/mol. The van der Waals surface area contributed by atoms with Crippen molar-refractivity contribution in [2.75, 3.05) is 4.90 Å². The summed E-state index contributed by atoms with van der Waals surface area (Å²) in [6.45, 7) is 2.41. The van der Waals surface area contributed by atoms with Gasteiger partial charge in [0.15, 0.2) is 10.8 Å². The fourth-order valence-corrected chi connectivity index (χ4v) is 7.86. The minimum atomic E-state index is -4.83. The fourth-order valence-electron chi connectivity index (χ4n) is 6.92. The van der Waals surface area contributed by atoms with E-state index in [1.165, 1.54) is 23.5 Å². The van der Waals surface area contributed by atoms with Crippen LogP contribution in [0.2, 0.25) is 0 Å². The predicted octanol–water partition coefficient (Wildman–Crippen LogP) is 6.23. The first kappa shape index (κ1) is 24.9. The van der Waals surface area contributed by atoms with Crippen LogP contribution in [0.5, 0.6) is 5.75 Å². The van der Waals surface area contributed by atoms with Gasteiger partial charge >= 0.3 is 12.3 Å². The molecule has 4 aliphatic rings. The zero-order chi connectivity index (χ0) is 27.1. The van der Waals surface area contributed by atoms with Crippen molar-refractivity contribution in [2.24, 2.45) is 11.8 Å². The number of aromatic carboxylic acids is 1. The van der Waals surface area contributed by atoms with Gasteiger partial charge < -0.3 is 24.0 Å². The molecule has 3 aromatic rings. The Morgan fingerprint density at radius 3 is 2.77 bits per heavy atom. The topological polar surface area (TPSA) is 97.7 Å². The number of aromatic nitrogens is 2. The smallest absolute Gasteiger partial charge is 0.476 e. The molecule has 206 valence electrons. The number of para-hydroxylation sites is 1. The standard InChI is InChI=1S/C27H26F3N3O5S/c1-13-10-26-18(13)8-15(9-21(26)33(26)25-31-19(12-39-25)24(34)35)36-11-17-22(32-38-23(17)14-6-7-14)16-4-2-3-5-20(16)37-27(28,29)30/h2-5,12-15,18,21H,6-11H2,1H3,(H,34,35)/t13-,15?,18?,21?,26?,33?/m1/s1. The van der Waals surface area contributed by atoms with E-state index in [-0.39, 0.29) is 47.2 Å². The maximum absolute atomic E-state index is 13.1. The maximum Gasteiger partial charge on any atom is 0.573 e. The Morgan fingerprint density at radius 1 is 1.28 bits per heavy atom. The zero-order valence-electron chi connectivity index (χ0n) is 21.0. The Morgan fingerprint density at radius 2 is 2.08 bits per heavy atom. The van der Waals surface area contributed by atoms with Crippen molar-refractivity contribution in [1.82, 2.24) is 10.1 Å². The van der Waals surface area contributed by atoms with Crippen LogP contribution in [-0.4, -0.2) is 45.3 Å². The first-order valence-electron chi connectivity index (χ1n) is 13.1. The third-order valence-corrected chi connectivity index (χ3v) is 9.61. The van der Waals surface area contributed by atoms with Crippen molar-refractivity contribution in [3.8, 4) is 17.0 Å². The second-order valence-corrected chi connectivity index (χ2v) is 11.9. The summed E-state index contributed by atoms with van der Waals surface area (Å²) >= 11 is 1.36. The van der Waals surface area contributed by atoms with Gasteiger partial charge in [0.1, 0.15) is 17.2 Å². The summed E-state index contributed by atoms with van der Waals surface area (Å²) < 4.78 is 55.7. The van der Waals surface area contributed by atoms with E-state index in [4.69, 9.17) is 9.26 Å². The summed E-state index contributed by atoms with van der Waals surface area (Å²) in [7, 11) is 0. The summed E-state index contributed by atoms with van der Waals surface area (Å²) in [5.74, 6) is 0.430. The molecule has 0 amide bonds. The molecule has 5 atom stereocenters. The van der Waals surface area contributed by atoms with Crippen molar-refractivity contribution in [2.45, 2.75) is 75.6 Å². The number of benzene rings is 1. The van der Waals surface area contributed by atoms with Crippen LogP contribution >= 0.6 is 11.3 Å². The third kappa shape index (κ3) is 4.10. The molecule has 1 spiro atoms. The van der Waals surface area contributed by atoms with Crippen LogP contribution in [0.25, 0.3) is 11.3 Å². The largest absolute Gasteiger partial charge is 0.573 e. The van der Waals surface area contributed by atoms with Crippen LogP contribution in [0, 0.1) is 11.8 Å². The van der Waals surface area contributed by atoms with Gasteiger partial charge in [-0.1, -0.05) is 24.2 Å². The quantitative estimate of drug-likeness (QED) is 0.323. The summed E-state index contributed by atoms with van der Waals surface area (Å²) in [6, 6.07) is 6.18. The molecule has 3 heterocycles. The maximum atomic E-state index is 13.1. The first-order chi connectivity index (χ1) is 18.7. The minimum absolute atomic E-state index is 0.0301. The molecule has 4 unspecified atom stereocenters. The van der Waals surface area contributed by atoms with E-state index < -0.39 is 12.3 Å². The van der Waals surface area contributed by atoms with Gasteiger partial charge in [-0.15, -0.1) is 24.5 Å². The van der Waals surface area contributed by atoms with Gasteiger partial charge in [-0.3, -0.25) is 0 Å². The average Bonchev–Trinajstić information content (AvgIpc) is 3.72. The zero-order valence-corrected chi connectivity index (χ0v) is 21.8. The normalized spacial score (nSPS) is 29.4. The SMILES string of the molecule is C[C@@H]1CC23C1CC(OCc1c(-c4ccccc4OC(F)(F)F)noc1C1CC1)CC2N3c1nc(C(=O)O)cs1. The molecule has 2 aromatic heterocycles. The summed E-state index contributed by atoms with van der Waals surface area (Å²) in [5.41, 5.74) is 1.30. The van der Waals surface area contributed by atoms with E-state index in [1.807, 2.05) is 0 Å². The van der Waals surface area contributed by atoms with Gasteiger partial charge in [-0.05, 0) is 56.1 Å². The Labute approximate surface area is 225 Å². The molecule has 0 bridgehead atoms. The molecule has 8 nitrogen and oxygen atoms in total. The lowest BCUT2D eigenvalue weighted by atomic mass is 9.58. The van der Waals surface area contributed by atoms with Crippen molar-refractivity contribution in [3.05, 3.63) is 46.7 Å². The molecule has 12 heteroatoms. The predicted molar refractivity (Wildman–Crippen MR) is 134 cm³/mol. The molecule has 39 heavy (non-hydrogen) atoms. The molecule has 1 N–H and O–H groups in total. The highest BCUT2D eigenvalue weighted by atomic mass is 32.1. The number of hydrogen-bond donors (Lipinski definition) is 1. The molecule has 1 aromatic carbocycles. The number of rotatable bonds is 8. The van der Waals surface area contributed by atoms with Gasteiger partial charge in [0.05, 0.1) is 24.3 Å². The first-order valence-corrected chi connectivity index (χ1v) is 14.0. The van der Waals surface area contributed by atoms with Crippen LogP contribution in [0.15, 0.2) is 34.2 Å². The lowest BCUT2D eigenvalue weighted by Crippen LogP contribution is -2.51. The monoisotopic (exact) mass is 561 g/mol. The number of ether oxygens (including phenoxy) is 2. The molecule has 1 saturated heterocycles. The number of halogens is 3. The van der Waals surface area contributed by atoms with Gasteiger partial charge in [0.25, 0.3) is 0 Å². The molecule has 1 aliphatic heterocycles. The Bertz CT molecular complexity index is 1440. The molecule has 4 fully saturated rings. The minimum Gasteiger partial charge on any atom is -0.476 e. The molecular weight excluding hydrogens is 535 g/mol. The van der Waals surface area contributed by atoms with Gasteiger partial charge in [0, 0.05) is 22.4 Å². The molecule has 0 radical (unpaired) electrons. The summed E-state index contributed by atoms with van der Waals surface area (Å²) in [5, 5.41) is 15.8. The van der Waals surface area contributed by atoms with E-state index >= 15 is 0 Å². The van der Waals surface area contributed by atoms with E-state index in [1.54, 1.807) is 17.5 Å². The molecule has 3 saturated carbocycles. The number of carboxylic acid groups (broad SMARTS) is 1. The Balaban J connectivity index is 1.12. The number of anilines is 1. The molecular formula is C27H26F3N3O5S. The number of hydrogen-bond acceptors (Lipinski definition) is 8. The number of thiazole rings is 1. The second kappa shape index (κ2) is 8.69. The highest BCUT2D eigenvalue weighted by Gasteiger charge is 2.76. The molecule has 7 rings (SSSR count). The van der Waals surface area contributed by atoms with Gasteiger partial charge in [-0.2, -0.15) is 0 Å². The Hall–Kier alpha value is -3.12. The lowest BCUT2D eigenvalue weighted by molar-refractivity contribution is -0.274. The molecule has 3 aliphatic carbocycles. The Kier molecular flexibility index (Phi) is 5.55. The lowest BCUT2D eigenvalue weighted by Gasteiger charge is -2.48. The number of alkyl halides is 3. The van der Waals surface area contributed by atoms with Crippen LogP contribution in [0.3, 0.4) is 0 Å². The summed E-state index contributed by atoms with van der Waals surface area (Å²) in [4.78, 5) is 18.0. The fraction of sp³-hybridized carbons (Fsp3) is 0.519. The van der Waals surface area contributed by atoms with Crippen molar-refractivity contribution in [3.63, 3.8) is 0 Å². The number of carboxylic acids is 1. The van der Waals surface area contributed by atoms with Crippen LogP contribution in [0.4, 0.5) is 18.3 Å². The highest BCUT2D eigenvalue weighted by Crippen LogP contribution is 2.68. The van der Waals surface area contributed by atoms with Crippen LogP contribution in [0.1, 0.15) is 66.8 Å². The third-order valence-electron chi connectivity index (χ3n) is 8.77.